The highest BCUT2D eigenvalue weighted by Crippen LogP contribution is 2.41. The van der Waals surface area contributed by atoms with E-state index in [0.717, 1.165) is 18.5 Å². The van der Waals surface area contributed by atoms with Crippen LogP contribution < -0.4 is 5.32 Å². The zero-order chi connectivity index (χ0) is 14.6. The molecule has 1 fully saturated rings. The molecule has 0 aromatic carbocycles. The Bertz CT molecular complexity index is 424. The number of aryl methyl sites for hydroxylation is 1. The second-order valence-corrected chi connectivity index (χ2v) is 5.86. The van der Waals surface area contributed by atoms with Gasteiger partial charge in [-0.2, -0.15) is 0 Å². The quantitative estimate of drug-likeness (QED) is 0.873. The van der Waals surface area contributed by atoms with Crippen molar-refractivity contribution in [3.8, 4) is 0 Å². The van der Waals surface area contributed by atoms with Crippen molar-refractivity contribution in [3.05, 3.63) is 29.6 Å². The summed E-state index contributed by atoms with van der Waals surface area (Å²) in [6, 6.07) is 2.15. The Morgan fingerprint density at radius 3 is 2.70 bits per heavy atom. The topological polar surface area (TPSA) is 24.9 Å². The molecule has 1 aliphatic rings. The maximum absolute atomic E-state index is 13.3. The predicted molar refractivity (Wildman–Crippen MR) is 76.9 cm³/mol. The maximum atomic E-state index is 13.3. The molecule has 0 spiro atoms. The van der Waals surface area contributed by atoms with E-state index in [9.17, 15) is 8.78 Å². The molecule has 1 aliphatic carbocycles. The molecule has 0 aliphatic heterocycles. The summed E-state index contributed by atoms with van der Waals surface area (Å²) in [4.78, 5) is 4.21. The van der Waals surface area contributed by atoms with Crippen LogP contribution >= 0.6 is 0 Å². The van der Waals surface area contributed by atoms with E-state index in [4.69, 9.17) is 0 Å². The zero-order valence-corrected chi connectivity index (χ0v) is 12.3. The number of hydrogen-bond donors (Lipinski definition) is 1. The van der Waals surface area contributed by atoms with E-state index in [-0.39, 0.29) is 24.8 Å². The Kier molecular flexibility index (Phi) is 5.08. The summed E-state index contributed by atoms with van der Waals surface area (Å²) in [5.74, 6) is -2.18. The van der Waals surface area contributed by atoms with Gasteiger partial charge in [0.2, 0.25) is 5.92 Å². The first-order chi connectivity index (χ1) is 9.53. The molecule has 112 valence electrons. The van der Waals surface area contributed by atoms with Crippen molar-refractivity contribution in [2.45, 2.75) is 57.9 Å². The number of rotatable bonds is 5. The number of nitrogens with one attached hydrogen (secondary N) is 1. The molecule has 1 saturated carbocycles. The van der Waals surface area contributed by atoms with Crippen LogP contribution in [0.5, 0.6) is 0 Å². The number of halogens is 2. The van der Waals surface area contributed by atoms with Crippen molar-refractivity contribution in [1.29, 1.82) is 0 Å². The zero-order valence-electron chi connectivity index (χ0n) is 12.3. The number of pyridine rings is 1. The molecule has 2 nitrogen and oxygen atoms in total. The van der Waals surface area contributed by atoms with Crippen LogP contribution in [-0.4, -0.2) is 17.5 Å². The lowest BCUT2D eigenvalue weighted by molar-refractivity contribution is -0.0497. The molecule has 0 bridgehead atoms. The maximum Gasteiger partial charge on any atom is 0.248 e. The van der Waals surface area contributed by atoms with Gasteiger partial charge in [-0.15, -0.1) is 0 Å². The molecule has 1 aromatic heterocycles. The van der Waals surface area contributed by atoms with Crippen LogP contribution in [0, 0.1) is 12.8 Å². The summed E-state index contributed by atoms with van der Waals surface area (Å²) in [5.41, 5.74) is 2.35. The molecule has 4 heteroatoms. The van der Waals surface area contributed by atoms with E-state index in [1.165, 1.54) is 5.56 Å². The summed E-state index contributed by atoms with van der Waals surface area (Å²) >= 11 is 0. The van der Waals surface area contributed by atoms with E-state index in [2.05, 4.69) is 24.1 Å². The van der Waals surface area contributed by atoms with E-state index < -0.39 is 5.92 Å². The highest BCUT2D eigenvalue weighted by atomic mass is 19.3. The average Bonchev–Trinajstić information content (AvgIpc) is 2.42. The fourth-order valence-electron chi connectivity index (χ4n) is 3.03. The van der Waals surface area contributed by atoms with Crippen LogP contribution in [0.25, 0.3) is 0 Å². The molecule has 0 radical (unpaired) electrons. The number of nitrogens with zero attached hydrogens (tertiary/aromatic N) is 1. The molecule has 1 aromatic rings. The Hall–Kier alpha value is -1.03. The number of aromatic nitrogens is 1. The van der Waals surface area contributed by atoms with Gasteiger partial charge >= 0.3 is 0 Å². The highest BCUT2D eigenvalue weighted by molar-refractivity contribution is 5.26. The third-order valence-corrected chi connectivity index (χ3v) is 4.26. The molecule has 1 heterocycles. The molecule has 0 amide bonds. The van der Waals surface area contributed by atoms with Gasteiger partial charge in [0.15, 0.2) is 0 Å². The Morgan fingerprint density at radius 2 is 2.10 bits per heavy atom. The molecule has 1 N–H and O–H groups in total. The smallest absolute Gasteiger partial charge is 0.248 e. The van der Waals surface area contributed by atoms with E-state index in [1.54, 1.807) is 6.20 Å². The lowest BCUT2D eigenvalue weighted by Gasteiger charge is -2.35. The molecule has 0 saturated heterocycles. The minimum absolute atomic E-state index is 0.0152. The van der Waals surface area contributed by atoms with Crippen molar-refractivity contribution >= 4 is 0 Å². The van der Waals surface area contributed by atoms with E-state index in [0.29, 0.717) is 12.8 Å². The molecule has 2 rings (SSSR count). The number of hydrogen-bond acceptors (Lipinski definition) is 2. The Balaban J connectivity index is 2.14. The lowest BCUT2D eigenvalue weighted by atomic mass is 9.79. The van der Waals surface area contributed by atoms with Crippen LogP contribution in [-0.2, 0) is 0 Å². The van der Waals surface area contributed by atoms with Gasteiger partial charge in [0.1, 0.15) is 0 Å². The van der Waals surface area contributed by atoms with Crippen LogP contribution in [0.4, 0.5) is 8.78 Å². The SMILES string of the molecule is CCCNC(c1cnccc1C)C1CCC(F)(F)CC1. The van der Waals surface area contributed by atoms with Gasteiger partial charge in [-0.05, 0) is 55.8 Å². The van der Waals surface area contributed by atoms with Crippen LogP contribution in [0.1, 0.15) is 56.2 Å². The van der Waals surface area contributed by atoms with Crippen molar-refractivity contribution in [2.75, 3.05) is 6.54 Å². The molecular weight excluding hydrogens is 258 g/mol. The Labute approximate surface area is 120 Å². The van der Waals surface area contributed by atoms with Gasteiger partial charge in [0.05, 0.1) is 0 Å². The standard InChI is InChI=1S/C16H24F2N2/c1-3-9-20-15(14-11-19-10-6-12(14)2)13-4-7-16(17,18)8-5-13/h6,10-11,13,15,20H,3-5,7-9H2,1-2H3. The van der Waals surface area contributed by atoms with Gasteiger partial charge in [-0.3, -0.25) is 4.98 Å². The van der Waals surface area contributed by atoms with Crippen molar-refractivity contribution in [3.63, 3.8) is 0 Å². The van der Waals surface area contributed by atoms with Crippen molar-refractivity contribution < 1.29 is 8.78 Å². The van der Waals surface area contributed by atoms with Crippen molar-refractivity contribution in [1.82, 2.24) is 10.3 Å². The highest BCUT2D eigenvalue weighted by Gasteiger charge is 2.38. The van der Waals surface area contributed by atoms with Crippen molar-refractivity contribution in [2.24, 2.45) is 5.92 Å². The predicted octanol–water partition coefficient (Wildman–Crippen LogP) is 4.26. The third kappa shape index (κ3) is 3.75. The van der Waals surface area contributed by atoms with E-state index in [1.807, 2.05) is 12.3 Å². The fraction of sp³-hybridized carbons (Fsp3) is 0.688. The minimum Gasteiger partial charge on any atom is -0.310 e. The molecule has 20 heavy (non-hydrogen) atoms. The van der Waals surface area contributed by atoms with Gasteiger partial charge in [-0.25, -0.2) is 8.78 Å². The average molecular weight is 282 g/mol. The Morgan fingerprint density at radius 1 is 1.40 bits per heavy atom. The van der Waals surface area contributed by atoms with Gasteiger partial charge < -0.3 is 5.32 Å². The van der Waals surface area contributed by atoms with Gasteiger partial charge in [0, 0.05) is 31.3 Å². The summed E-state index contributed by atoms with van der Waals surface area (Å²) < 4.78 is 26.7. The summed E-state index contributed by atoms with van der Waals surface area (Å²) in [6.45, 7) is 5.09. The van der Waals surface area contributed by atoms with Crippen LogP contribution in [0.3, 0.4) is 0 Å². The van der Waals surface area contributed by atoms with E-state index >= 15 is 0 Å². The normalized spacial score (nSPS) is 20.8. The minimum atomic E-state index is -2.46. The van der Waals surface area contributed by atoms with Gasteiger partial charge in [0.25, 0.3) is 0 Å². The molecule has 1 atom stereocenters. The second kappa shape index (κ2) is 6.61. The first-order valence-corrected chi connectivity index (χ1v) is 7.55. The van der Waals surface area contributed by atoms with Crippen LogP contribution in [0.2, 0.25) is 0 Å². The first kappa shape index (κ1) is 15.4. The monoisotopic (exact) mass is 282 g/mol. The summed E-state index contributed by atoms with van der Waals surface area (Å²) in [5, 5.41) is 3.54. The van der Waals surface area contributed by atoms with Gasteiger partial charge in [-0.1, -0.05) is 6.92 Å². The summed E-state index contributed by atoms with van der Waals surface area (Å²) in [6.07, 6.45) is 5.91. The summed E-state index contributed by atoms with van der Waals surface area (Å²) in [7, 11) is 0. The molecule has 1 unspecified atom stereocenters. The van der Waals surface area contributed by atoms with Crippen LogP contribution in [0.15, 0.2) is 18.5 Å². The first-order valence-electron chi connectivity index (χ1n) is 7.55. The second-order valence-electron chi connectivity index (χ2n) is 5.86. The third-order valence-electron chi connectivity index (χ3n) is 4.26. The number of alkyl halides is 2. The molecular formula is C16H24F2N2. The lowest BCUT2D eigenvalue weighted by Crippen LogP contribution is -2.34. The largest absolute Gasteiger partial charge is 0.310 e. The fourth-order valence-corrected chi connectivity index (χ4v) is 3.03.